The van der Waals surface area contributed by atoms with Crippen LogP contribution in [0.5, 0.6) is 0 Å². The highest BCUT2D eigenvalue weighted by molar-refractivity contribution is 5.96. The number of anilines is 1. The zero-order valence-corrected chi connectivity index (χ0v) is 15.5. The minimum atomic E-state index is 0.118. The van der Waals surface area contributed by atoms with Crippen molar-refractivity contribution < 1.29 is 14.0 Å². The number of aryl methyl sites for hydroxylation is 1. The van der Waals surface area contributed by atoms with Gasteiger partial charge in [-0.15, -0.1) is 0 Å². The van der Waals surface area contributed by atoms with Crippen LogP contribution in [-0.2, 0) is 22.4 Å². The lowest BCUT2D eigenvalue weighted by Gasteiger charge is -2.36. The second kappa shape index (κ2) is 7.96. The molecule has 1 fully saturated rings. The van der Waals surface area contributed by atoms with Crippen molar-refractivity contribution >= 4 is 17.5 Å². The van der Waals surface area contributed by atoms with Gasteiger partial charge in [-0.3, -0.25) is 14.5 Å². The maximum Gasteiger partial charge on any atom is 0.241 e. The van der Waals surface area contributed by atoms with E-state index in [1.54, 1.807) is 12.5 Å². The Bertz CT molecular complexity index is 795. The molecule has 0 radical (unpaired) electrons. The summed E-state index contributed by atoms with van der Waals surface area (Å²) in [7, 11) is 0. The molecule has 2 aliphatic rings. The molecule has 0 unspecified atom stereocenters. The Morgan fingerprint density at radius 1 is 0.963 bits per heavy atom. The summed E-state index contributed by atoms with van der Waals surface area (Å²) in [5.74, 6) is 0.271. The van der Waals surface area contributed by atoms with E-state index in [2.05, 4.69) is 11.0 Å². The third kappa shape index (κ3) is 4.06. The van der Waals surface area contributed by atoms with Crippen LogP contribution in [0, 0.1) is 0 Å². The van der Waals surface area contributed by atoms with Crippen LogP contribution in [0.15, 0.2) is 47.3 Å². The van der Waals surface area contributed by atoms with Gasteiger partial charge in [0.2, 0.25) is 11.8 Å². The van der Waals surface area contributed by atoms with Crippen molar-refractivity contribution in [3.8, 4) is 0 Å². The lowest BCUT2D eigenvalue weighted by molar-refractivity contribution is -0.132. The van der Waals surface area contributed by atoms with Gasteiger partial charge in [-0.25, -0.2) is 0 Å². The highest BCUT2D eigenvalue weighted by Gasteiger charge is 2.26. The monoisotopic (exact) mass is 367 g/mol. The molecular formula is C21H25N3O3. The Morgan fingerprint density at radius 3 is 2.56 bits per heavy atom. The molecule has 2 aromatic rings. The summed E-state index contributed by atoms with van der Waals surface area (Å²) < 4.78 is 5.03. The normalized spacial score (nSPS) is 17.6. The van der Waals surface area contributed by atoms with E-state index < -0.39 is 0 Å². The molecule has 142 valence electrons. The minimum absolute atomic E-state index is 0.118. The number of hydrogen-bond donors (Lipinski definition) is 0. The molecule has 0 spiro atoms. The highest BCUT2D eigenvalue weighted by Crippen LogP contribution is 2.26. The molecule has 3 heterocycles. The van der Waals surface area contributed by atoms with E-state index in [0.717, 1.165) is 43.7 Å². The molecule has 1 saturated heterocycles. The van der Waals surface area contributed by atoms with Gasteiger partial charge in [-0.05, 0) is 36.1 Å². The van der Waals surface area contributed by atoms with E-state index in [-0.39, 0.29) is 11.8 Å². The van der Waals surface area contributed by atoms with Crippen LogP contribution < -0.4 is 4.90 Å². The van der Waals surface area contributed by atoms with Gasteiger partial charge in [0.15, 0.2) is 0 Å². The molecule has 6 nitrogen and oxygen atoms in total. The maximum atomic E-state index is 12.8. The van der Waals surface area contributed by atoms with Gasteiger partial charge < -0.3 is 14.2 Å². The van der Waals surface area contributed by atoms with Gasteiger partial charge in [-0.2, -0.15) is 0 Å². The van der Waals surface area contributed by atoms with Crippen LogP contribution in [0.2, 0.25) is 0 Å². The second-order valence-corrected chi connectivity index (χ2v) is 7.24. The molecule has 1 aromatic carbocycles. The van der Waals surface area contributed by atoms with Crippen LogP contribution in [0.4, 0.5) is 5.69 Å². The topological polar surface area (TPSA) is 57.0 Å². The van der Waals surface area contributed by atoms with Crippen molar-refractivity contribution in [3.63, 3.8) is 0 Å². The Kier molecular flexibility index (Phi) is 5.25. The molecule has 0 atom stereocenters. The van der Waals surface area contributed by atoms with Crippen LogP contribution >= 0.6 is 0 Å². The lowest BCUT2D eigenvalue weighted by Crippen LogP contribution is -2.52. The molecule has 6 heteroatoms. The Morgan fingerprint density at radius 2 is 1.78 bits per heavy atom. The molecule has 1 aromatic heterocycles. The van der Waals surface area contributed by atoms with Gasteiger partial charge in [0, 0.05) is 38.4 Å². The smallest absolute Gasteiger partial charge is 0.241 e. The predicted molar refractivity (Wildman–Crippen MR) is 103 cm³/mol. The lowest BCUT2D eigenvalue weighted by atomic mass is 10.0. The quantitative estimate of drug-likeness (QED) is 0.829. The number of fused-ring (bicyclic) bond motifs is 1. The Hall–Kier alpha value is -2.60. The number of carbonyl (C=O) groups excluding carboxylic acids is 2. The van der Waals surface area contributed by atoms with E-state index in [0.29, 0.717) is 26.1 Å². The summed E-state index contributed by atoms with van der Waals surface area (Å²) in [5.41, 5.74) is 3.22. The van der Waals surface area contributed by atoms with Crippen LogP contribution in [0.25, 0.3) is 0 Å². The fraction of sp³-hybridized carbons (Fsp3) is 0.429. The molecule has 0 aliphatic carbocycles. The number of furan rings is 1. The first-order chi connectivity index (χ1) is 13.2. The van der Waals surface area contributed by atoms with Crippen molar-refractivity contribution in [2.75, 3.05) is 44.2 Å². The summed E-state index contributed by atoms with van der Waals surface area (Å²) in [6.45, 7) is 4.01. The number of para-hydroxylation sites is 1. The number of rotatable bonds is 4. The predicted octanol–water partition coefficient (Wildman–Crippen LogP) is 1.95. The number of benzene rings is 1. The average molecular weight is 367 g/mol. The molecule has 4 rings (SSSR count). The number of hydrogen-bond acceptors (Lipinski definition) is 4. The average Bonchev–Trinajstić information content (AvgIpc) is 3.21. The van der Waals surface area contributed by atoms with Gasteiger partial charge >= 0.3 is 0 Å². The molecule has 2 amide bonds. The second-order valence-electron chi connectivity index (χ2n) is 7.24. The van der Waals surface area contributed by atoms with Gasteiger partial charge in [0.25, 0.3) is 0 Å². The number of amides is 2. The van der Waals surface area contributed by atoms with Crippen LogP contribution in [-0.4, -0.2) is 60.9 Å². The Labute approximate surface area is 159 Å². The summed E-state index contributed by atoms with van der Waals surface area (Å²) in [5, 5.41) is 0. The van der Waals surface area contributed by atoms with E-state index in [1.165, 1.54) is 5.56 Å². The van der Waals surface area contributed by atoms with E-state index >= 15 is 0 Å². The summed E-state index contributed by atoms with van der Waals surface area (Å²) in [6, 6.07) is 10.0. The zero-order chi connectivity index (χ0) is 18.6. The third-order valence-electron chi connectivity index (χ3n) is 5.43. The van der Waals surface area contributed by atoms with E-state index in [4.69, 9.17) is 4.42 Å². The molecule has 27 heavy (non-hydrogen) atoms. The molecule has 2 aliphatic heterocycles. The maximum absolute atomic E-state index is 12.8. The minimum Gasteiger partial charge on any atom is -0.472 e. The number of piperazine rings is 1. The first kappa shape index (κ1) is 17.8. The third-order valence-corrected chi connectivity index (χ3v) is 5.43. The first-order valence-corrected chi connectivity index (χ1v) is 9.60. The van der Waals surface area contributed by atoms with Gasteiger partial charge in [0.05, 0.1) is 25.5 Å². The fourth-order valence-corrected chi connectivity index (χ4v) is 3.90. The van der Waals surface area contributed by atoms with Crippen molar-refractivity contribution in [1.82, 2.24) is 9.80 Å². The van der Waals surface area contributed by atoms with Gasteiger partial charge in [0.1, 0.15) is 0 Å². The van der Waals surface area contributed by atoms with Crippen LogP contribution in [0.3, 0.4) is 0 Å². The Balaban J connectivity index is 1.29. The number of nitrogens with zero attached hydrogens (tertiary/aromatic N) is 3. The number of carbonyl (C=O) groups is 2. The van der Waals surface area contributed by atoms with E-state index in [1.807, 2.05) is 34.1 Å². The SMILES string of the molecule is O=C(Cc1ccoc1)N1CCN(CC(=O)N2CCCc3ccccc32)CC1. The fourth-order valence-electron chi connectivity index (χ4n) is 3.90. The summed E-state index contributed by atoms with van der Waals surface area (Å²) in [4.78, 5) is 31.2. The first-order valence-electron chi connectivity index (χ1n) is 9.60. The van der Waals surface area contributed by atoms with Gasteiger partial charge in [-0.1, -0.05) is 18.2 Å². The van der Waals surface area contributed by atoms with E-state index in [9.17, 15) is 9.59 Å². The van der Waals surface area contributed by atoms with Crippen molar-refractivity contribution in [2.45, 2.75) is 19.3 Å². The summed E-state index contributed by atoms with van der Waals surface area (Å²) in [6.07, 6.45) is 5.63. The molecular weight excluding hydrogens is 342 g/mol. The van der Waals surface area contributed by atoms with Crippen LogP contribution in [0.1, 0.15) is 17.5 Å². The largest absolute Gasteiger partial charge is 0.472 e. The van der Waals surface area contributed by atoms with Crippen molar-refractivity contribution in [2.24, 2.45) is 0 Å². The van der Waals surface area contributed by atoms with Crippen molar-refractivity contribution in [3.05, 3.63) is 54.0 Å². The van der Waals surface area contributed by atoms with Crippen molar-refractivity contribution in [1.29, 1.82) is 0 Å². The standard InChI is InChI=1S/C21H25N3O3/c25-20(14-17-7-13-27-16-17)23-11-9-22(10-12-23)15-21(26)24-8-3-5-18-4-1-2-6-19(18)24/h1-2,4,6-7,13,16H,3,5,8-12,14-15H2. The molecule has 0 N–H and O–H groups in total. The molecule has 0 bridgehead atoms. The summed E-state index contributed by atoms with van der Waals surface area (Å²) >= 11 is 0. The molecule has 0 saturated carbocycles. The highest BCUT2D eigenvalue weighted by atomic mass is 16.3. The zero-order valence-electron chi connectivity index (χ0n) is 15.5.